The molecular formula is C16H27N5. The quantitative estimate of drug-likeness (QED) is 0.811. The van der Waals surface area contributed by atoms with Gasteiger partial charge in [0.15, 0.2) is 0 Å². The third kappa shape index (κ3) is 3.94. The first-order chi connectivity index (χ1) is 10.2. The molecule has 0 aliphatic rings. The summed E-state index contributed by atoms with van der Waals surface area (Å²) in [7, 11) is 4.05. The van der Waals surface area contributed by atoms with Crippen molar-refractivity contribution in [2.24, 2.45) is 14.1 Å². The summed E-state index contributed by atoms with van der Waals surface area (Å²) in [5.41, 5.74) is 2.54. The Labute approximate surface area is 127 Å². The van der Waals surface area contributed by atoms with Gasteiger partial charge in [-0.2, -0.15) is 5.10 Å². The van der Waals surface area contributed by atoms with Gasteiger partial charge in [-0.15, -0.1) is 0 Å². The fourth-order valence-electron chi connectivity index (χ4n) is 2.72. The Morgan fingerprint density at radius 1 is 1.29 bits per heavy atom. The highest BCUT2D eigenvalue weighted by Crippen LogP contribution is 2.22. The van der Waals surface area contributed by atoms with Crippen LogP contribution in [0.5, 0.6) is 0 Å². The molecule has 1 unspecified atom stereocenters. The molecule has 2 aromatic heterocycles. The maximum absolute atomic E-state index is 4.58. The average molecular weight is 289 g/mol. The molecule has 0 aromatic carbocycles. The van der Waals surface area contributed by atoms with E-state index in [1.54, 1.807) is 0 Å². The van der Waals surface area contributed by atoms with Gasteiger partial charge >= 0.3 is 0 Å². The van der Waals surface area contributed by atoms with Crippen molar-refractivity contribution in [3.63, 3.8) is 0 Å². The Hall–Kier alpha value is -1.62. The first kappa shape index (κ1) is 15.8. The number of rotatable bonds is 8. The van der Waals surface area contributed by atoms with Gasteiger partial charge in [-0.05, 0) is 25.8 Å². The van der Waals surface area contributed by atoms with Crippen molar-refractivity contribution in [1.29, 1.82) is 0 Å². The molecular weight excluding hydrogens is 262 g/mol. The second kappa shape index (κ2) is 7.41. The van der Waals surface area contributed by atoms with Crippen LogP contribution < -0.4 is 5.32 Å². The molecule has 0 aliphatic heterocycles. The molecule has 21 heavy (non-hydrogen) atoms. The fraction of sp³-hybridized carbons (Fsp3) is 0.625. The number of aryl methyl sites for hydroxylation is 4. The number of hydrogen-bond acceptors (Lipinski definition) is 3. The zero-order valence-corrected chi connectivity index (χ0v) is 13.6. The molecule has 0 amide bonds. The molecule has 1 atom stereocenters. The minimum absolute atomic E-state index is 0.352. The van der Waals surface area contributed by atoms with Gasteiger partial charge in [-0.25, -0.2) is 4.98 Å². The predicted molar refractivity (Wildman–Crippen MR) is 85.1 cm³/mol. The Balaban J connectivity index is 2.11. The summed E-state index contributed by atoms with van der Waals surface area (Å²) in [5.74, 6) is 1.14. The van der Waals surface area contributed by atoms with E-state index < -0.39 is 0 Å². The Kier molecular flexibility index (Phi) is 5.56. The lowest BCUT2D eigenvalue weighted by molar-refractivity contribution is 0.488. The summed E-state index contributed by atoms with van der Waals surface area (Å²) < 4.78 is 4.02. The van der Waals surface area contributed by atoms with Crippen LogP contribution in [0.3, 0.4) is 0 Å². The summed E-state index contributed by atoms with van der Waals surface area (Å²) in [5, 5.41) is 8.24. The molecule has 0 spiro atoms. The summed E-state index contributed by atoms with van der Waals surface area (Å²) >= 11 is 0. The van der Waals surface area contributed by atoms with Crippen LogP contribution in [0.1, 0.15) is 49.8 Å². The van der Waals surface area contributed by atoms with Crippen LogP contribution in [0.25, 0.3) is 0 Å². The molecule has 5 heteroatoms. The second-order valence-electron chi connectivity index (χ2n) is 5.56. The molecule has 2 rings (SSSR count). The van der Waals surface area contributed by atoms with E-state index >= 15 is 0 Å². The first-order valence-corrected chi connectivity index (χ1v) is 7.87. The lowest BCUT2D eigenvalue weighted by Crippen LogP contribution is -2.23. The van der Waals surface area contributed by atoms with E-state index in [4.69, 9.17) is 0 Å². The lowest BCUT2D eigenvalue weighted by Gasteiger charge is -2.18. The third-order valence-corrected chi connectivity index (χ3v) is 3.87. The van der Waals surface area contributed by atoms with Crippen molar-refractivity contribution in [3.05, 3.63) is 35.7 Å². The summed E-state index contributed by atoms with van der Waals surface area (Å²) in [6.45, 7) is 5.40. The molecule has 0 radical (unpaired) electrons. The second-order valence-corrected chi connectivity index (χ2v) is 5.56. The molecule has 0 saturated heterocycles. The van der Waals surface area contributed by atoms with E-state index in [1.165, 1.54) is 11.3 Å². The summed E-state index contributed by atoms with van der Waals surface area (Å²) in [6.07, 6.45) is 10.2. The smallest absolute Gasteiger partial charge is 0.108 e. The van der Waals surface area contributed by atoms with Crippen molar-refractivity contribution >= 4 is 0 Å². The SMILES string of the molecule is CCCNC(CCc1nccn1C)c1cn(C)nc1CC. The maximum Gasteiger partial charge on any atom is 0.108 e. The molecule has 2 heterocycles. The lowest BCUT2D eigenvalue weighted by atomic mass is 10.0. The van der Waals surface area contributed by atoms with Crippen LogP contribution in [0.4, 0.5) is 0 Å². The van der Waals surface area contributed by atoms with E-state index in [1.807, 2.05) is 24.1 Å². The van der Waals surface area contributed by atoms with Gasteiger partial charge in [-0.3, -0.25) is 4.68 Å². The minimum Gasteiger partial charge on any atom is -0.338 e. The fourth-order valence-corrected chi connectivity index (χ4v) is 2.72. The van der Waals surface area contributed by atoms with E-state index in [0.717, 1.165) is 38.1 Å². The molecule has 0 aliphatic carbocycles. The van der Waals surface area contributed by atoms with Crippen molar-refractivity contribution in [3.8, 4) is 0 Å². The van der Waals surface area contributed by atoms with Gasteiger partial charge < -0.3 is 9.88 Å². The van der Waals surface area contributed by atoms with Crippen molar-refractivity contribution < 1.29 is 0 Å². The highest BCUT2D eigenvalue weighted by atomic mass is 15.3. The standard InChI is InChI=1S/C16H27N5/c1-5-9-17-15(7-8-16-18-10-11-20(16)3)13-12-21(4)19-14(13)6-2/h10-12,15,17H,5-9H2,1-4H3. The molecule has 0 bridgehead atoms. The van der Waals surface area contributed by atoms with E-state index in [-0.39, 0.29) is 0 Å². The summed E-state index contributed by atoms with van der Waals surface area (Å²) in [4.78, 5) is 4.42. The van der Waals surface area contributed by atoms with Crippen molar-refractivity contribution in [2.45, 2.75) is 45.6 Å². The van der Waals surface area contributed by atoms with Crippen LogP contribution in [-0.4, -0.2) is 25.9 Å². The highest BCUT2D eigenvalue weighted by molar-refractivity contribution is 5.21. The number of imidazole rings is 1. The van der Waals surface area contributed by atoms with Gasteiger partial charge in [0.1, 0.15) is 5.82 Å². The number of nitrogens with one attached hydrogen (secondary N) is 1. The first-order valence-electron chi connectivity index (χ1n) is 7.87. The van der Waals surface area contributed by atoms with Crippen molar-refractivity contribution in [2.75, 3.05) is 6.54 Å². The van der Waals surface area contributed by atoms with Crippen LogP contribution in [-0.2, 0) is 26.9 Å². The average Bonchev–Trinajstić information content (AvgIpc) is 3.05. The van der Waals surface area contributed by atoms with Gasteiger partial charge in [0.05, 0.1) is 5.69 Å². The van der Waals surface area contributed by atoms with Crippen LogP contribution in [0.15, 0.2) is 18.6 Å². The van der Waals surface area contributed by atoms with Crippen LogP contribution >= 0.6 is 0 Å². The van der Waals surface area contributed by atoms with E-state index in [9.17, 15) is 0 Å². The van der Waals surface area contributed by atoms with Gasteiger partial charge in [0.25, 0.3) is 0 Å². The number of aromatic nitrogens is 4. The highest BCUT2D eigenvalue weighted by Gasteiger charge is 2.17. The van der Waals surface area contributed by atoms with Crippen molar-refractivity contribution in [1.82, 2.24) is 24.6 Å². The predicted octanol–water partition coefficient (Wildman–Crippen LogP) is 2.39. The topological polar surface area (TPSA) is 47.7 Å². The number of hydrogen-bond donors (Lipinski definition) is 1. The zero-order chi connectivity index (χ0) is 15.2. The minimum atomic E-state index is 0.352. The molecule has 2 aromatic rings. The molecule has 0 saturated carbocycles. The third-order valence-electron chi connectivity index (χ3n) is 3.87. The normalized spacial score (nSPS) is 12.8. The summed E-state index contributed by atoms with van der Waals surface area (Å²) in [6, 6.07) is 0.352. The van der Waals surface area contributed by atoms with E-state index in [0.29, 0.717) is 6.04 Å². The van der Waals surface area contributed by atoms with Crippen LogP contribution in [0.2, 0.25) is 0 Å². The monoisotopic (exact) mass is 289 g/mol. The van der Waals surface area contributed by atoms with Gasteiger partial charge in [-0.1, -0.05) is 13.8 Å². The largest absolute Gasteiger partial charge is 0.338 e. The van der Waals surface area contributed by atoms with Crippen LogP contribution in [0, 0.1) is 0 Å². The maximum atomic E-state index is 4.58. The Morgan fingerprint density at radius 2 is 2.10 bits per heavy atom. The molecule has 5 nitrogen and oxygen atoms in total. The Morgan fingerprint density at radius 3 is 2.71 bits per heavy atom. The number of nitrogens with zero attached hydrogens (tertiary/aromatic N) is 4. The molecule has 116 valence electrons. The van der Waals surface area contributed by atoms with Gasteiger partial charge in [0.2, 0.25) is 0 Å². The zero-order valence-electron chi connectivity index (χ0n) is 13.6. The van der Waals surface area contributed by atoms with E-state index in [2.05, 4.69) is 47.1 Å². The van der Waals surface area contributed by atoms with Gasteiger partial charge in [0, 0.05) is 50.7 Å². The molecule has 1 N–H and O–H groups in total. The molecule has 0 fully saturated rings. The Bertz CT molecular complexity index is 555.